The van der Waals surface area contributed by atoms with Crippen LogP contribution in [0.5, 0.6) is 0 Å². The van der Waals surface area contributed by atoms with E-state index in [0.717, 1.165) is 62.7 Å². The number of carbonyl (C=O) groups excluding carboxylic acids is 1. The number of amides is 1. The first-order valence-electron chi connectivity index (χ1n) is 9.88. The van der Waals surface area contributed by atoms with Gasteiger partial charge in [0.1, 0.15) is 5.82 Å². The Morgan fingerprint density at radius 1 is 1.15 bits per heavy atom. The minimum absolute atomic E-state index is 0.161. The van der Waals surface area contributed by atoms with E-state index in [1.807, 2.05) is 23.2 Å². The largest absolute Gasteiger partial charge is 0.348 e. The number of aromatic amines is 1. The van der Waals surface area contributed by atoms with E-state index in [1.54, 1.807) is 6.20 Å². The molecule has 138 valence electrons. The van der Waals surface area contributed by atoms with Crippen LogP contribution in [-0.2, 0) is 6.42 Å². The zero-order valence-corrected chi connectivity index (χ0v) is 15.3. The average Bonchev–Trinajstić information content (AvgIpc) is 3.24. The highest BCUT2D eigenvalue weighted by molar-refractivity contribution is 5.94. The van der Waals surface area contributed by atoms with E-state index >= 15 is 0 Å². The third-order valence-corrected chi connectivity index (χ3v) is 5.81. The molecule has 1 unspecified atom stereocenters. The number of nitrogens with zero attached hydrogens (tertiary/aromatic N) is 2. The zero-order chi connectivity index (χ0) is 17.8. The normalized spacial score (nSPS) is 21.7. The predicted molar refractivity (Wildman–Crippen MR) is 102 cm³/mol. The zero-order valence-electron chi connectivity index (χ0n) is 15.3. The van der Waals surface area contributed by atoms with E-state index in [0.29, 0.717) is 5.92 Å². The molecule has 2 aromatic rings. The van der Waals surface area contributed by atoms with Crippen LogP contribution in [0, 0.1) is 5.92 Å². The molecule has 0 spiro atoms. The van der Waals surface area contributed by atoms with Gasteiger partial charge >= 0.3 is 0 Å². The monoisotopic (exact) mass is 352 g/mol. The summed E-state index contributed by atoms with van der Waals surface area (Å²) in [6.07, 6.45) is 9.32. The van der Waals surface area contributed by atoms with E-state index in [-0.39, 0.29) is 5.91 Å². The summed E-state index contributed by atoms with van der Waals surface area (Å²) in [7, 11) is 0. The topological polar surface area (TPSA) is 61.0 Å². The van der Waals surface area contributed by atoms with Crippen LogP contribution in [0.4, 0.5) is 0 Å². The summed E-state index contributed by atoms with van der Waals surface area (Å²) in [5.41, 5.74) is 2.15. The molecule has 2 fully saturated rings. The van der Waals surface area contributed by atoms with Crippen molar-refractivity contribution in [1.82, 2.24) is 20.2 Å². The molecule has 0 saturated carbocycles. The van der Waals surface area contributed by atoms with E-state index in [9.17, 15) is 4.79 Å². The van der Waals surface area contributed by atoms with Crippen molar-refractivity contribution in [1.29, 1.82) is 0 Å². The number of piperidine rings is 2. The number of likely N-dealkylation sites (tertiary alicyclic amines) is 1. The van der Waals surface area contributed by atoms with Crippen LogP contribution >= 0.6 is 0 Å². The number of nitrogens with one attached hydrogen (secondary N) is 2. The second-order valence-corrected chi connectivity index (χ2v) is 7.65. The van der Waals surface area contributed by atoms with Crippen LogP contribution < -0.4 is 5.32 Å². The maximum Gasteiger partial charge on any atom is 0.253 e. The number of H-pyrrole nitrogens is 1. The molecule has 1 aromatic carbocycles. The Kier molecular flexibility index (Phi) is 5.34. The first-order chi connectivity index (χ1) is 12.8. The highest BCUT2D eigenvalue weighted by Gasteiger charge is 2.25. The highest BCUT2D eigenvalue weighted by Crippen LogP contribution is 2.26. The number of imidazole rings is 1. The van der Waals surface area contributed by atoms with Gasteiger partial charge in [0.05, 0.1) is 0 Å². The lowest BCUT2D eigenvalue weighted by atomic mass is 9.92. The molecule has 2 aliphatic rings. The average molecular weight is 352 g/mol. The van der Waals surface area contributed by atoms with Crippen LogP contribution in [0.2, 0.25) is 0 Å². The molecule has 1 aromatic heterocycles. The van der Waals surface area contributed by atoms with Gasteiger partial charge < -0.3 is 15.2 Å². The van der Waals surface area contributed by atoms with Gasteiger partial charge in [0, 0.05) is 37.0 Å². The van der Waals surface area contributed by atoms with Gasteiger partial charge in [-0.2, -0.15) is 0 Å². The molecule has 5 heteroatoms. The fourth-order valence-electron chi connectivity index (χ4n) is 4.25. The number of aromatic nitrogens is 2. The summed E-state index contributed by atoms with van der Waals surface area (Å²) in [5, 5.41) is 3.47. The summed E-state index contributed by atoms with van der Waals surface area (Å²) in [6.45, 7) is 3.88. The lowest BCUT2D eigenvalue weighted by molar-refractivity contribution is 0.0711. The molecule has 5 nitrogen and oxygen atoms in total. The summed E-state index contributed by atoms with van der Waals surface area (Å²) >= 11 is 0. The quantitative estimate of drug-likeness (QED) is 0.889. The Balaban J connectivity index is 1.32. The van der Waals surface area contributed by atoms with Gasteiger partial charge in [-0.15, -0.1) is 0 Å². The predicted octanol–water partition coefficient (Wildman–Crippen LogP) is 2.97. The minimum atomic E-state index is 0.161. The molecule has 4 rings (SSSR count). The SMILES string of the molecule is O=C(c1ccc(CC2CCCNC2)cc1)N1CCC(c2ncc[nH]2)CC1. The number of benzene rings is 1. The molecule has 26 heavy (non-hydrogen) atoms. The molecule has 3 heterocycles. The summed E-state index contributed by atoms with van der Waals surface area (Å²) in [5.74, 6) is 2.39. The van der Waals surface area contributed by atoms with Gasteiger partial charge in [-0.05, 0) is 68.8 Å². The fourth-order valence-corrected chi connectivity index (χ4v) is 4.25. The van der Waals surface area contributed by atoms with Gasteiger partial charge in [0.25, 0.3) is 5.91 Å². The van der Waals surface area contributed by atoms with Crippen molar-refractivity contribution >= 4 is 5.91 Å². The molecule has 0 bridgehead atoms. The van der Waals surface area contributed by atoms with Crippen molar-refractivity contribution in [2.45, 2.75) is 38.0 Å². The van der Waals surface area contributed by atoms with Gasteiger partial charge in [0.15, 0.2) is 0 Å². The van der Waals surface area contributed by atoms with Crippen molar-refractivity contribution in [2.24, 2.45) is 5.92 Å². The standard InChI is InChI=1S/C21H28N4O/c26-21(25-12-7-18(8-13-25)20-23-10-11-24-20)19-5-3-16(4-6-19)14-17-2-1-9-22-15-17/h3-6,10-11,17-18,22H,1-2,7-9,12-15H2,(H,23,24). The Hall–Kier alpha value is -2.14. The number of hydrogen-bond acceptors (Lipinski definition) is 3. The first-order valence-corrected chi connectivity index (χ1v) is 9.88. The van der Waals surface area contributed by atoms with E-state index in [4.69, 9.17) is 0 Å². The van der Waals surface area contributed by atoms with E-state index < -0.39 is 0 Å². The second-order valence-electron chi connectivity index (χ2n) is 7.65. The fraction of sp³-hybridized carbons (Fsp3) is 0.524. The summed E-state index contributed by atoms with van der Waals surface area (Å²) in [4.78, 5) is 22.3. The third-order valence-electron chi connectivity index (χ3n) is 5.81. The van der Waals surface area contributed by atoms with Crippen molar-refractivity contribution in [2.75, 3.05) is 26.2 Å². The molecule has 2 N–H and O–H groups in total. The highest BCUT2D eigenvalue weighted by atomic mass is 16.2. The molecule has 0 aliphatic carbocycles. The van der Waals surface area contributed by atoms with Gasteiger partial charge in [-0.1, -0.05) is 12.1 Å². The van der Waals surface area contributed by atoms with Gasteiger partial charge in [0.2, 0.25) is 0 Å². The molecule has 2 saturated heterocycles. The molecular weight excluding hydrogens is 324 g/mol. The second kappa shape index (κ2) is 8.04. The summed E-state index contributed by atoms with van der Waals surface area (Å²) in [6, 6.07) is 8.29. The van der Waals surface area contributed by atoms with Crippen molar-refractivity contribution in [3.8, 4) is 0 Å². The lowest BCUT2D eigenvalue weighted by Crippen LogP contribution is -2.38. The van der Waals surface area contributed by atoms with Crippen molar-refractivity contribution in [3.63, 3.8) is 0 Å². The van der Waals surface area contributed by atoms with Gasteiger partial charge in [-0.3, -0.25) is 4.79 Å². The Labute approximate surface area is 155 Å². The smallest absolute Gasteiger partial charge is 0.253 e. The minimum Gasteiger partial charge on any atom is -0.348 e. The third kappa shape index (κ3) is 3.98. The molecule has 0 radical (unpaired) electrons. The van der Waals surface area contributed by atoms with Crippen molar-refractivity contribution in [3.05, 3.63) is 53.6 Å². The number of hydrogen-bond donors (Lipinski definition) is 2. The number of carbonyl (C=O) groups is 1. The Morgan fingerprint density at radius 3 is 2.62 bits per heavy atom. The van der Waals surface area contributed by atoms with Crippen LogP contribution in [0.3, 0.4) is 0 Å². The maximum atomic E-state index is 12.8. The van der Waals surface area contributed by atoms with Crippen molar-refractivity contribution < 1.29 is 4.79 Å². The first kappa shape index (κ1) is 17.3. The lowest BCUT2D eigenvalue weighted by Gasteiger charge is -2.31. The molecule has 1 amide bonds. The van der Waals surface area contributed by atoms with Gasteiger partial charge in [-0.25, -0.2) is 4.98 Å². The molecule has 1 atom stereocenters. The number of rotatable bonds is 4. The van der Waals surface area contributed by atoms with E-state index in [1.165, 1.54) is 18.4 Å². The Bertz CT molecular complexity index is 696. The Morgan fingerprint density at radius 2 is 1.96 bits per heavy atom. The van der Waals surface area contributed by atoms with E-state index in [2.05, 4.69) is 27.4 Å². The van der Waals surface area contributed by atoms with Crippen LogP contribution in [0.15, 0.2) is 36.7 Å². The van der Waals surface area contributed by atoms with Crippen LogP contribution in [-0.4, -0.2) is 47.0 Å². The maximum absolute atomic E-state index is 12.8. The van der Waals surface area contributed by atoms with Crippen LogP contribution in [0.1, 0.15) is 53.3 Å². The summed E-state index contributed by atoms with van der Waals surface area (Å²) < 4.78 is 0. The molecular formula is C21H28N4O. The molecule has 2 aliphatic heterocycles. The van der Waals surface area contributed by atoms with Crippen LogP contribution in [0.25, 0.3) is 0 Å².